The van der Waals surface area contributed by atoms with E-state index in [1.54, 1.807) is 16.4 Å². The number of carbonyl (C=O) groups excluding carboxylic acids is 2. The predicted molar refractivity (Wildman–Crippen MR) is 120 cm³/mol. The number of carbonyl (C=O) groups is 2. The van der Waals surface area contributed by atoms with Gasteiger partial charge in [0.2, 0.25) is 5.91 Å². The van der Waals surface area contributed by atoms with Gasteiger partial charge in [-0.3, -0.25) is 14.2 Å². The molecule has 1 aliphatic rings. The lowest BCUT2D eigenvalue weighted by Crippen LogP contribution is -2.47. The number of nitrogens with one attached hydrogen (secondary N) is 2. The predicted octanol–water partition coefficient (Wildman–Crippen LogP) is 2.52. The number of rotatable bonds is 7. The van der Waals surface area contributed by atoms with Gasteiger partial charge in [-0.2, -0.15) is 0 Å². The third-order valence-electron chi connectivity index (χ3n) is 5.10. The van der Waals surface area contributed by atoms with Crippen molar-refractivity contribution in [2.45, 2.75) is 58.3 Å². The number of nitrogens with zero attached hydrogens (tertiary/aromatic N) is 3. The van der Waals surface area contributed by atoms with Crippen molar-refractivity contribution in [1.82, 2.24) is 24.8 Å². The van der Waals surface area contributed by atoms with Crippen molar-refractivity contribution in [2.75, 3.05) is 25.4 Å². The molecule has 3 rings (SSSR count). The maximum Gasteiger partial charge on any atom is 0.409 e. The molecule has 2 aromatic heterocycles. The minimum Gasteiger partial charge on any atom is -0.450 e. The quantitative estimate of drug-likeness (QED) is 0.497. The van der Waals surface area contributed by atoms with E-state index in [1.807, 2.05) is 26.8 Å². The molecule has 0 aromatic carbocycles. The summed E-state index contributed by atoms with van der Waals surface area (Å²) < 4.78 is 6.68. The highest BCUT2D eigenvalue weighted by molar-refractivity contribution is 7.99. The molecule has 0 saturated carbocycles. The van der Waals surface area contributed by atoms with Crippen LogP contribution in [-0.2, 0) is 16.1 Å². The van der Waals surface area contributed by atoms with Crippen LogP contribution in [0.4, 0.5) is 4.79 Å². The van der Waals surface area contributed by atoms with Gasteiger partial charge in [0.1, 0.15) is 5.52 Å². The number of hydrogen-bond acceptors (Lipinski definition) is 6. The Morgan fingerprint density at radius 2 is 2.06 bits per heavy atom. The minimum atomic E-state index is -0.299. The van der Waals surface area contributed by atoms with Gasteiger partial charge in [-0.05, 0) is 38.7 Å². The zero-order chi connectivity index (χ0) is 22.5. The van der Waals surface area contributed by atoms with Gasteiger partial charge in [-0.1, -0.05) is 25.6 Å². The molecule has 3 heterocycles. The molecule has 2 amide bonds. The molecule has 0 bridgehead atoms. The van der Waals surface area contributed by atoms with Crippen LogP contribution in [0.15, 0.2) is 16.0 Å². The average Bonchev–Trinajstić information content (AvgIpc) is 3.10. The van der Waals surface area contributed by atoms with E-state index in [1.165, 1.54) is 11.8 Å². The lowest BCUT2D eigenvalue weighted by atomic mass is 10.1. The normalized spacial score (nSPS) is 14.9. The number of aromatic nitrogens is 3. The van der Waals surface area contributed by atoms with Crippen LogP contribution in [0.3, 0.4) is 0 Å². The largest absolute Gasteiger partial charge is 0.450 e. The second-order valence-corrected chi connectivity index (χ2v) is 9.18. The summed E-state index contributed by atoms with van der Waals surface area (Å²) in [5.41, 5.74) is 1.89. The van der Waals surface area contributed by atoms with Crippen LogP contribution in [-0.4, -0.2) is 62.9 Å². The van der Waals surface area contributed by atoms with Crippen LogP contribution in [0, 0.1) is 12.8 Å². The fraction of sp³-hybridized carbons (Fsp3) is 0.619. The minimum absolute atomic E-state index is 0.0272. The van der Waals surface area contributed by atoms with Crippen molar-refractivity contribution < 1.29 is 14.3 Å². The second-order valence-electron chi connectivity index (χ2n) is 8.23. The Morgan fingerprint density at radius 3 is 2.71 bits per heavy atom. The molecule has 9 nitrogen and oxygen atoms in total. The van der Waals surface area contributed by atoms with Gasteiger partial charge in [0.05, 0.1) is 17.9 Å². The van der Waals surface area contributed by atoms with Gasteiger partial charge >= 0.3 is 6.09 Å². The highest BCUT2D eigenvalue weighted by atomic mass is 32.2. The zero-order valence-electron chi connectivity index (χ0n) is 18.6. The zero-order valence-corrected chi connectivity index (χ0v) is 19.4. The first-order valence-corrected chi connectivity index (χ1v) is 11.7. The summed E-state index contributed by atoms with van der Waals surface area (Å²) in [7, 11) is 0. The number of ether oxygens (including phenoxy) is 1. The monoisotopic (exact) mass is 449 g/mol. The van der Waals surface area contributed by atoms with Crippen LogP contribution in [0.25, 0.3) is 11.0 Å². The number of aromatic amines is 1. The number of fused-ring (bicyclic) bond motifs is 1. The number of H-pyrrole nitrogens is 1. The number of amides is 2. The van der Waals surface area contributed by atoms with Crippen molar-refractivity contribution in [3.8, 4) is 0 Å². The summed E-state index contributed by atoms with van der Waals surface area (Å²) in [6.07, 6.45) is 1.09. The van der Waals surface area contributed by atoms with Gasteiger partial charge < -0.3 is 19.9 Å². The van der Waals surface area contributed by atoms with Gasteiger partial charge in [0, 0.05) is 31.4 Å². The molecule has 1 saturated heterocycles. The van der Waals surface area contributed by atoms with E-state index in [4.69, 9.17) is 4.74 Å². The van der Waals surface area contributed by atoms with E-state index in [0.717, 1.165) is 5.69 Å². The fourth-order valence-electron chi connectivity index (χ4n) is 3.67. The van der Waals surface area contributed by atoms with E-state index in [0.29, 0.717) is 55.3 Å². The second kappa shape index (κ2) is 10.2. The topological polar surface area (TPSA) is 109 Å². The summed E-state index contributed by atoms with van der Waals surface area (Å²) in [6.45, 7) is 9.79. The molecule has 1 fully saturated rings. The van der Waals surface area contributed by atoms with Crippen molar-refractivity contribution in [1.29, 1.82) is 0 Å². The molecular formula is C21H31N5O4S. The van der Waals surface area contributed by atoms with Gasteiger partial charge in [-0.15, -0.1) is 0 Å². The Bertz CT molecular complexity index is 992. The number of thioether (sulfide) groups is 1. The van der Waals surface area contributed by atoms with Crippen molar-refractivity contribution in [3.05, 3.63) is 22.1 Å². The molecule has 0 spiro atoms. The third kappa shape index (κ3) is 5.81. The Labute approximate surface area is 185 Å². The molecule has 2 N–H and O–H groups in total. The molecule has 10 heteroatoms. The molecule has 2 aromatic rings. The van der Waals surface area contributed by atoms with Gasteiger partial charge in [0.15, 0.2) is 5.16 Å². The molecule has 0 unspecified atom stereocenters. The molecule has 0 atom stereocenters. The maximum absolute atomic E-state index is 12.9. The SMILES string of the molecule is CCOC(=O)N1CCC(NC(=O)CSc2nc3cc(C)[nH]c3c(=O)n2CC(C)C)CC1. The fourth-order valence-corrected chi connectivity index (χ4v) is 4.49. The molecule has 1 aliphatic heterocycles. The summed E-state index contributed by atoms with van der Waals surface area (Å²) in [5, 5.41) is 3.59. The summed E-state index contributed by atoms with van der Waals surface area (Å²) in [6, 6.07) is 1.87. The van der Waals surface area contributed by atoms with Crippen LogP contribution in [0.2, 0.25) is 0 Å². The molecule has 0 radical (unpaired) electrons. The molecule has 31 heavy (non-hydrogen) atoms. The van der Waals surface area contributed by atoms with Crippen LogP contribution >= 0.6 is 11.8 Å². The highest BCUT2D eigenvalue weighted by Gasteiger charge is 2.25. The molecule has 0 aliphatic carbocycles. The first kappa shape index (κ1) is 23.2. The number of hydrogen-bond donors (Lipinski definition) is 2. The standard InChI is InChI=1S/C21H31N5O4S/c1-5-30-21(29)25-8-6-15(7-9-25)23-17(27)12-31-20-24-16-10-14(4)22-18(16)19(28)26(20)11-13(2)3/h10,13,15,22H,5-9,11-12H2,1-4H3,(H,23,27). The van der Waals surface area contributed by atoms with E-state index < -0.39 is 0 Å². The smallest absolute Gasteiger partial charge is 0.409 e. The molecule has 170 valence electrons. The third-order valence-corrected chi connectivity index (χ3v) is 6.08. The van der Waals surface area contributed by atoms with Crippen LogP contribution in [0.5, 0.6) is 0 Å². The van der Waals surface area contributed by atoms with E-state index in [-0.39, 0.29) is 35.3 Å². The van der Waals surface area contributed by atoms with Crippen molar-refractivity contribution in [3.63, 3.8) is 0 Å². The Morgan fingerprint density at radius 1 is 1.35 bits per heavy atom. The maximum atomic E-state index is 12.9. The average molecular weight is 450 g/mol. The van der Waals surface area contributed by atoms with Crippen LogP contribution in [0.1, 0.15) is 39.3 Å². The van der Waals surface area contributed by atoms with Crippen molar-refractivity contribution in [2.24, 2.45) is 5.92 Å². The van der Waals surface area contributed by atoms with Gasteiger partial charge in [-0.25, -0.2) is 9.78 Å². The van der Waals surface area contributed by atoms with Crippen molar-refractivity contribution >= 4 is 34.8 Å². The van der Waals surface area contributed by atoms with E-state index in [2.05, 4.69) is 15.3 Å². The molecular weight excluding hydrogens is 418 g/mol. The lowest BCUT2D eigenvalue weighted by Gasteiger charge is -2.31. The lowest BCUT2D eigenvalue weighted by molar-refractivity contribution is -0.119. The summed E-state index contributed by atoms with van der Waals surface area (Å²) >= 11 is 1.28. The first-order valence-electron chi connectivity index (χ1n) is 10.7. The Kier molecular flexibility index (Phi) is 7.64. The first-order chi connectivity index (χ1) is 14.8. The Hall–Kier alpha value is -2.49. The number of aryl methyl sites for hydroxylation is 1. The highest BCUT2D eigenvalue weighted by Crippen LogP contribution is 2.20. The van der Waals surface area contributed by atoms with E-state index in [9.17, 15) is 14.4 Å². The number of piperidine rings is 1. The van der Waals surface area contributed by atoms with Crippen LogP contribution < -0.4 is 10.9 Å². The summed E-state index contributed by atoms with van der Waals surface area (Å²) in [5.74, 6) is 0.346. The Balaban J connectivity index is 1.61. The summed E-state index contributed by atoms with van der Waals surface area (Å²) in [4.78, 5) is 46.6. The number of likely N-dealkylation sites (tertiary alicyclic amines) is 1. The van der Waals surface area contributed by atoms with E-state index >= 15 is 0 Å². The van der Waals surface area contributed by atoms with Gasteiger partial charge in [0.25, 0.3) is 5.56 Å².